The van der Waals surface area contributed by atoms with Crippen molar-refractivity contribution in [2.75, 3.05) is 23.3 Å². The molecule has 0 unspecified atom stereocenters. The zero-order valence-corrected chi connectivity index (χ0v) is 18.8. The van der Waals surface area contributed by atoms with Crippen LogP contribution in [0.4, 0.5) is 28.4 Å². The van der Waals surface area contributed by atoms with Crippen molar-refractivity contribution in [2.45, 2.75) is 19.8 Å². The van der Waals surface area contributed by atoms with E-state index in [1.54, 1.807) is 4.52 Å². The van der Waals surface area contributed by atoms with Crippen LogP contribution in [0.2, 0.25) is 0 Å². The first-order chi connectivity index (χ1) is 16.3. The predicted octanol–water partition coefficient (Wildman–Crippen LogP) is 5.18. The minimum atomic E-state index is -1.62. The third-order valence-electron chi connectivity index (χ3n) is 5.88. The molecule has 0 bridgehead atoms. The van der Waals surface area contributed by atoms with E-state index in [0.29, 0.717) is 25.9 Å². The van der Waals surface area contributed by atoms with Gasteiger partial charge in [0.15, 0.2) is 23.3 Å². The van der Waals surface area contributed by atoms with Gasteiger partial charge in [-0.25, -0.2) is 27.1 Å². The highest BCUT2D eigenvalue weighted by Gasteiger charge is 2.29. The number of fused-ring (bicyclic) bond motifs is 1. The van der Waals surface area contributed by atoms with E-state index in [0.717, 1.165) is 21.3 Å². The van der Waals surface area contributed by atoms with Crippen molar-refractivity contribution in [3.8, 4) is 11.3 Å². The molecule has 2 aromatic carbocycles. The fourth-order valence-electron chi connectivity index (χ4n) is 3.92. The summed E-state index contributed by atoms with van der Waals surface area (Å²) in [5.74, 6) is -7.62. The van der Waals surface area contributed by atoms with E-state index in [9.17, 15) is 22.4 Å². The molecule has 2 aromatic heterocycles. The van der Waals surface area contributed by atoms with E-state index < -0.39 is 40.8 Å². The predicted molar refractivity (Wildman–Crippen MR) is 121 cm³/mol. The molecule has 0 aliphatic carbocycles. The molecule has 5 rings (SSSR count). The zero-order chi connectivity index (χ0) is 24.0. The minimum absolute atomic E-state index is 0.105. The summed E-state index contributed by atoms with van der Waals surface area (Å²) < 4.78 is 56.2. The number of nitrogens with one attached hydrogen (secondary N) is 1. The Labute approximate surface area is 195 Å². The van der Waals surface area contributed by atoms with Crippen LogP contribution in [0.5, 0.6) is 0 Å². The number of rotatable bonds is 4. The van der Waals surface area contributed by atoms with Crippen molar-refractivity contribution in [3.05, 3.63) is 65.4 Å². The van der Waals surface area contributed by atoms with Crippen molar-refractivity contribution in [1.82, 2.24) is 14.6 Å². The molecule has 0 spiro atoms. The molecule has 1 saturated heterocycles. The first-order valence-electron chi connectivity index (χ1n) is 10.6. The number of nitrogens with zero attached hydrogens (tertiary/aromatic N) is 4. The smallest absolute Gasteiger partial charge is 0.227 e. The third kappa shape index (κ3) is 4.11. The van der Waals surface area contributed by atoms with E-state index in [-0.39, 0.29) is 6.07 Å². The number of imidazole rings is 1. The van der Waals surface area contributed by atoms with E-state index in [1.165, 1.54) is 16.9 Å². The summed E-state index contributed by atoms with van der Waals surface area (Å²) in [5.41, 5.74) is 1.90. The molecule has 3 heterocycles. The summed E-state index contributed by atoms with van der Waals surface area (Å²) in [4.78, 5) is 19.9. The molecule has 34 heavy (non-hydrogen) atoms. The average molecular weight is 489 g/mol. The summed E-state index contributed by atoms with van der Waals surface area (Å²) in [6.07, 6.45) is 2.65. The van der Waals surface area contributed by atoms with Gasteiger partial charge in [-0.1, -0.05) is 41.2 Å². The molecule has 176 valence electrons. The van der Waals surface area contributed by atoms with Crippen LogP contribution >= 0.6 is 11.3 Å². The van der Waals surface area contributed by atoms with Gasteiger partial charge in [-0.05, 0) is 19.8 Å². The van der Waals surface area contributed by atoms with Crippen LogP contribution in [0.1, 0.15) is 18.4 Å². The number of aryl methyl sites for hydroxylation is 1. The molecule has 11 heteroatoms. The average Bonchev–Trinajstić information content (AvgIpc) is 3.41. The molecule has 1 amide bonds. The van der Waals surface area contributed by atoms with Gasteiger partial charge in [-0.3, -0.25) is 4.79 Å². The minimum Gasteiger partial charge on any atom is -0.347 e. The normalized spacial score (nSPS) is 14.7. The zero-order valence-electron chi connectivity index (χ0n) is 18.0. The van der Waals surface area contributed by atoms with Crippen LogP contribution in [-0.2, 0) is 4.79 Å². The number of halogens is 4. The molecule has 0 saturated carbocycles. The maximum Gasteiger partial charge on any atom is 0.227 e. The highest BCUT2D eigenvalue weighted by Crippen LogP contribution is 2.31. The van der Waals surface area contributed by atoms with Gasteiger partial charge in [0.25, 0.3) is 0 Å². The lowest BCUT2D eigenvalue weighted by molar-refractivity contribution is -0.120. The maximum atomic E-state index is 13.9. The fourth-order valence-corrected chi connectivity index (χ4v) is 4.86. The monoisotopic (exact) mass is 489 g/mol. The third-order valence-corrected chi connectivity index (χ3v) is 6.86. The van der Waals surface area contributed by atoms with Gasteiger partial charge in [0.1, 0.15) is 5.69 Å². The van der Waals surface area contributed by atoms with E-state index in [1.807, 2.05) is 47.6 Å². The van der Waals surface area contributed by atoms with Gasteiger partial charge in [0, 0.05) is 30.6 Å². The topological polar surface area (TPSA) is 62.5 Å². The van der Waals surface area contributed by atoms with Crippen molar-refractivity contribution in [2.24, 2.45) is 5.92 Å². The summed E-state index contributed by atoms with van der Waals surface area (Å²) in [6, 6.07) is 8.17. The highest BCUT2D eigenvalue weighted by atomic mass is 32.1. The van der Waals surface area contributed by atoms with Gasteiger partial charge < -0.3 is 10.2 Å². The summed E-state index contributed by atoms with van der Waals surface area (Å²) in [5, 5.41) is 7.36. The largest absolute Gasteiger partial charge is 0.347 e. The number of hydrogen-bond donors (Lipinski definition) is 1. The quantitative estimate of drug-likeness (QED) is 0.317. The molecular formula is C23H19F4N5OS. The van der Waals surface area contributed by atoms with Crippen LogP contribution in [-0.4, -0.2) is 33.6 Å². The number of carbonyl (C=O) groups is 1. The Morgan fingerprint density at radius 2 is 1.71 bits per heavy atom. The summed E-state index contributed by atoms with van der Waals surface area (Å²) in [6.45, 7) is 3.00. The summed E-state index contributed by atoms with van der Waals surface area (Å²) >= 11 is 1.43. The number of carbonyl (C=O) groups excluding carboxylic acids is 1. The van der Waals surface area contributed by atoms with Crippen molar-refractivity contribution >= 4 is 33.0 Å². The van der Waals surface area contributed by atoms with Gasteiger partial charge in [0.2, 0.25) is 16.0 Å². The van der Waals surface area contributed by atoms with E-state index in [2.05, 4.69) is 10.1 Å². The molecule has 1 fully saturated rings. The van der Waals surface area contributed by atoms with Crippen LogP contribution in [0, 0.1) is 36.1 Å². The second kappa shape index (κ2) is 8.71. The Kier molecular flexibility index (Phi) is 5.72. The molecule has 4 aromatic rings. The van der Waals surface area contributed by atoms with Crippen molar-refractivity contribution in [1.29, 1.82) is 0 Å². The number of anilines is 2. The standard InChI is InChI=1S/C23H19F4N5OS/c1-12-2-4-13(5-3-12)17-11-32-22(28-17)34-23(30-32)31-8-6-14(7-9-31)21(33)29-20-18(26)15(24)10-16(25)19(20)27/h2-5,10-11,14H,6-9H2,1H3,(H,29,33). The molecular weight excluding hydrogens is 470 g/mol. The first-order valence-corrected chi connectivity index (χ1v) is 11.4. The second-order valence-corrected chi connectivity index (χ2v) is 9.13. The molecule has 0 atom stereocenters. The molecule has 1 aliphatic rings. The number of aromatic nitrogens is 3. The molecule has 0 radical (unpaired) electrons. The van der Waals surface area contributed by atoms with Crippen LogP contribution in [0.15, 0.2) is 36.5 Å². The lowest BCUT2D eigenvalue weighted by atomic mass is 9.96. The lowest BCUT2D eigenvalue weighted by Crippen LogP contribution is -2.38. The molecule has 1 N–H and O–H groups in total. The van der Waals surface area contributed by atoms with Gasteiger partial charge in [-0.15, -0.1) is 5.10 Å². The lowest BCUT2D eigenvalue weighted by Gasteiger charge is -2.30. The van der Waals surface area contributed by atoms with E-state index in [4.69, 9.17) is 0 Å². The highest BCUT2D eigenvalue weighted by molar-refractivity contribution is 7.20. The van der Waals surface area contributed by atoms with Crippen molar-refractivity contribution in [3.63, 3.8) is 0 Å². The van der Waals surface area contributed by atoms with E-state index >= 15 is 0 Å². The Morgan fingerprint density at radius 1 is 1.06 bits per heavy atom. The molecule has 1 aliphatic heterocycles. The van der Waals surface area contributed by atoms with Crippen LogP contribution in [0.3, 0.4) is 0 Å². The van der Waals surface area contributed by atoms with Gasteiger partial charge >= 0.3 is 0 Å². The summed E-state index contributed by atoms with van der Waals surface area (Å²) in [7, 11) is 0. The van der Waals surface area contributed by atoms with Crippen molar-refractivity contribution < 1.29 is 22.4 Å². The van der Waals surface area contributed by atoms with Gasteiger partial charge in [-0.2, -0.15) is 0 Å². The van der Waals surface area contributed by atoms with Crippen LogP contribution < -0.4 is 10.2 Å². The number of benzene rings is 2. The Morgan fingerprint density at radius 3 is 2.32 bits per heavy atom. The Hall–Kier alpha value is -3.47. The number of piperidine rings is 1. The number of amides is 1. The number of hydrogen-bond acceptors (Lipinski definition) is 5. The SMILES string of the molecule is Cc1ccc(-c2cn3nc(N4CCC(C(=O)Nc5c(F)c(F)cc(F)c5F)CC4)sc3n2)cc1. The van der Waals surface area contributed by atoms with Crippen LogP contribution in [0.25, 0.3) is 16.2 Å². The fraction of sp³-hybridized carbons (Fsp3) is 0.261. The second-order valence-electron chi connectivity index (χ2n) is 8.20. The Balaban J connectivity index is 1.24. The molecule has 6 nitrogen and oxygen atoms in total. The first kappa shape index (κ1) is 22.3. The maximum absolute atomic E-state index is 13.9. The van der Waals surface area contributed by atoms with Gasteiger partial charge in [0.05, 0.1) is 11.9 Å². The Bertz CT molecular complexity index is 1320.